The molecule has 0 fully saturated rings. The van der Waals surface area contributed by atoms with E-state index in [2.05, 4.69) is 4.98 Å². The Morgan fingerprint density at radius 2 is 1.88 bits per heavy atom. The lowest BCUT2D eigenvalue weighted by atomic mass is 10.1. The number of aromatic nitrogens is 2. The Morgan fingerprint density at radius 1 is 1.19 bits per heavy atom. The second-order valence-electron chi connectivity index (χ2n) is 5.92. The zero-order valence-electron chi connectivity index (χ0n) is 14.7. The number of rotatable bonds is 5. The van der Waals surface area contributed by atoms with E-state index >= 15 is 0 Å². The van der Waals surface area contributed by atoms with Gasteiger partial charge in [0.2, 0.25) is 0 Å². The average Bonchev–Trinajstić information content (AvgIpc) is 2.95. The molecule has 134 valence electrons. The molecule has 3 aromatic rings. The lowest BCUT2D eigenvalue weighted by Gasteiger charge is -2.05. The van der Waals surface area contributed by atoms with Crippen molar-refractivity contribution in [1.82, 2.24) is 9.55 Å². The predicted octanol–water partition coefficient (Wildman–Crippen LogP) is 3.13. The van der Waals surface area contributed by atoms with Gasteiger partial charge in [-0.05, 0) is 26.3 Å². The number of carbonyl (C=O) groups excluding carboxylic acids is 2. The van der Waals surface area contributed by atoms with Crippen molar-refractivity contribution in [2.24, 2.45) is 0 Å². The lowest BCUT2D eigenvalue weighted by Crippen LogP contribution is -2.24. The number of aryl methyl sites for hydroxylation is 2. The third-order valence-electron chi connectivity index (χ3n) is 4.07. The van der Waals surface area contributed by atoms with Crippen molar-refractivity contribution in [2.75, 3.05) is 6.61 Å². The second-order valence-corrected chi connectivity index (χ2v) is 6.92. The number of hydrogen-bond acceptors (Lipinski definition) is 6. The van der Waals surface area contributed by atoms with Crippen LogP contribution in [0.4, 0.5) is 0 Å². The molecular formula is C19H18N2O4S. The molecule has 26 heavy (non-hydrogen) atoms. The summed E-state index contributed by atoms with van der Waals surface area (Å²) in [5.41, 5.74) is 1.80. The van der Waals surface area contributed by atoms with E-state index in [1.165, 1.54) is 10.9 Å². The number of esters is 1. The highest BCUT2D eigenvalue weighted by molar-refractivity contribution is 7.20. The standard InChI is InChI=1S/C19H18N2O4S/c1-4-25-19(24)16-12(3)15-17(26-16)20-10-21(18(15)23)9-14(22)13-7-5-11(2)6-8-13/h5-8,10H,4,9H2,1-3H3. The van der Waals surface area contributed by atoms with Gasteiger partial charge in [0.05, 0.1) is 24.9 Å². The largest absolute Gasteiger partial charge is 0.462 e. The number of carbonyl (C=O) groups is 2. The van der Waals surface area contributed by atoms with Gasteiger partial charge in [0, 0.05) is 5.56 Å². The number of hydrogen-bond donors (Lipinski definition) is 0. The number of nitrogens with zero attached hydrogens (tertiary/aromatic N) is 2. The molecule has 0 aliphatic rings. The van der Waals surface area contributed by atoms with Gasteiger partial charge in [0.15, 0.2) is 5.78 Å². The zero-order valence-corrected chi connectivity index (χ0v) is 15.6. The summed E-state index contributed by atoms with van der Waals surface area (Å²) in [6.07, 6.45) is 1.35. The number of ketones is 1. The monoisotopic (exact) mass is 370 g/mol. The van der Waals surface area contributed by atoms with Crippen LogP contribution >= 0.6 is 11.3 Å². The Balaban J connectivity index is 1.97. The minimum absolute atomic E-state index is 0.102. The Kier molecular flexibility index (Phi) is 4.99. The Labute approximate surface area is 154 Å². The van der Waals surface area contributed by atoms with Gasteiger partial charge >= 0.3 is 5.97 Å². The first-order valence-electron chi connectivity index (χ1n) is 8.18. The predicted molar refractivity (Wildman–Crippen MR) is 100 cm³/mol. The van der Waals surface area contributed by atoms with Crippen LogP contribution in [-0.4, -0.2) is 27.9 Å². The summed E-state index contributed by atoms with van der Waals surface area (Å²) in [6, 6.07) is 7.19. The van der Waals surface area contributed by atoms with Crippen molar-refractivity contribution < 1.29 is 14.3 Å². The van der Waals surface area contributed by atoms with Crippen LogP contribution in [0.2, 0.25) is 0 Å². The van der Waals surface area contributed by atoms with E-state index in [-0.39, 0.29) is 24.5 Å². The summed E-state index contributed by atoms with van der Waals surface area (Å²) in [7, 11) is 0. The number of Topliss-reactive ketones (excluding diaryl/α,β-unsaturated/α-hetero) is 1. The van der Waals surface area contributed by atoms with Crippen LogP contribution in [-0.2, 0) is 11.3 Å². The summed E-state index contributed by atoms with van der Waals surface area (Å²) in [4.78, 5) is 42.3. The first kappa shape index (κ1) is 18.0. The van der Waals surface area contributed by atoms with E-state index in [0.29, 0.717) is 26.2 Å². The number of thiophene rings is 1. The highest BCUT2D eigenvalue weighted by atomic mass is 32.1. The van der Waals surface area contributed by atoms with Gasteiger partial charge in [0.25, 0.3) is 5.56 Å². The van der Waals surface area contributed by atoms with Crippen LogP contribution in [0.1, 0.15) is 38.1 Å². The van der Waals surface area contributed by atoms with E-state index in [4.69, 9.17) is 4.74 Å². The maximum absolute atomic E-state index is 12.8. The number of fused-ring (bicyclic) bond motifs is 1. The Bertz CT molecular complexity index is 1050. The van der Waals surface area contributed by atoms with Gasteiger partial charge in [-0.2, -0.15) is 0 Å². The van der Waals surface area contributed by atoms with Gasteiger partial charge in [0.1, 0.15) is 9.71 Å². The quantitative estimate of drug-likeness (QED) is 0.509. The highest BCUT2D eigenvalue weighted by Gasteiger charge is 2.20. The molecule has 0 saturated carbocycles. The minimum Gasteiger partial charge on any atom is -0.462 e. The minimum atomic E-state index is -0.463. The summed E-state index contributed by atoms with van der Waals surface area (Å²) in [5, 5.41) is 0.359. The topological polar surface area (TPSA) is 78.3 Å². The summed E-state index contributed by atoms with van der Waals surface area (Å²) >= 11 is 1.13. The molecule has 0 spiro atoms. The van der Waals surface area contributed by atoms with Gasteiger partial charge < -0.3 is 4.74 Å². The van der Waals surface area contributed by atoms with Gasteiger partial charge in [-0.3, -0.25) is 14.2 Å². The van der Waals surface area contributed by atoms with Crippen molar-refractivity contribution in [1.29, 1.82) is 0 Å². The molecule has 7 heteroatoms. The smallest absolute Gasteiger partial charge is 0.348 e. The molecule has 0 aliphatic heterocycles. The lowest BCUT2D eigenvalue weighted by molar-refractivity contribution is 0.0531. The molecule has 0 amide bonds. The van der Waals surface area contributed by atoms with Crippen LogP contribution in [0.25, 0.3) is 10.2 Å². The van der Waals surface area contributed by atoms with Gasteiger partial charge in [-0.15, -0.1) is 11.3 Å². The summed E-state index contributed by atoms with van der Waals surface area (Å²) in [5.74, 6) is -0.638. The average molecular weight is 370 g/mol. The van der Waals surface area contributed by atoms with Crippen LogP contribution in [0, 0.1) is 13.8 Å². The van der Waals surface area contributed by atoms with E-state index in [1.54, 1.807) is 26.0 Å². The van der Waals surface area contributed by atoms with Crippen LogP contribution in [0.3, 0.4) is 0 Å². The van der Waals surface area contributed by atoms with Gasteiger partial charge in [-0.25, -0.2) is 9.78 Å². The molecule has 3 rings (SSSR count). The van der Waals surface area contributed by atoms with Crippen molar-refractivity contribution in [3.05, 3.63) is 62.5 Å². The fourth-order valence-corrected chi connectivity index (χ4v) is 3.68. The van der Waals surface area contributed by atoms with Crippen LogP contribution < -0.4 is 5.56 Å². The molecule has 1 aromatic carbocycles. The Morgan fingerprint density at radius 3 is 2.54 bits per heavy atom. The fourth-order valence-electron chi connectivity index (χ4n) is 2.65. The molecular weight excluding hydrogens is 352 g/mol. The van der Waals surface area contributed by atoms with Gasteiger partial charge in [-0.1, -0.05) is 29.8 Å². The van der Waals surface area contributed by atoms with Crippen molar-refractivity contribution in [2.45, 2.75) is 27.3 Å². The molecule has 2 aromatic heterocycles. The van der Waals surface area contributed by atoms with Crippen LogP contribution in [0.15, 0.2) is 35.4 Å². The first-order valence-corrected chi connectivity index (χ1v) is 8.99. The normalized spacial score (nSPS) is 10.9. The molecule has 0 bridgehead atoms. The molecule has 0 saturated heterocycles. The summed E-state index contributed by atoms with van der Waals surface area (Å²) < 4.78 is 6.30. The van der Waals surface area contributed by atoms with E-state index in [0.717, 1.165) is 16.9 Å². The molecule has 0 atom stereocenters. The Hall–Kier alpha value is -2.80. The van der Waals surface area contributed by atoms with E-state index in [1.807, 2.05) is 19.1 Å². The van der Waals surface area contributed by atoms with Crippen molar-refractivity contribution in [3.8, 4) is 0 Å². The van der Waals surface area contributed by atoms with Crippen molar-refractivity contribution >= 4 is 33.3 Å². The molecule has 0 aliphatic carbocycles. The third kappa shape index (κ3) is 3.30. The molecule has 0 N–H and O–H groups in total. The molecule has 0 unspecified atom stereocenters. The molecule has 2 heterocycles. The third-order valence-corrected chi connectivity index (χ3v) is 5.25. The van der Waals surface area contributed by atoms with E-state index < -0.39 is 5.97 Å². The number of benzene rings is 1. The van der Waals surface area contributed by atoms with E-state index in [9.17, 15) is 14.4 Å². The van der Waals surface area contributed by atoms with Crippen LogP contribution in [0.5, 0.6) is 0 Å². The van der Waals surface area contributed by atoms with Crippen molar-refractivity contribution in [3.63, 3.8) is 0 Å². The highest BCUT2D eigenvalue weighted by Crippen LogP contribution is 2.27. The maximum Gasteiger partial charge on any atom is 0.348 e. The maximum atomic E-state index is 12.8. The second kappa shape index (κ2) is 7.21. The molecule has 0 radical (unpaired) electrons. The SMILES string of the molecule is CCOC(=O)c1sc2ncn(CC(=O)c3ccc(C)cc3)c(=O)c2c1C. The number of ether oxygens (including phenoxy) is 1. The fraction of sp³-hybridized carbons (Fsp3) is 0.263. The zero-order chi connectivity index (χ0) is 18.8. The first-order chi connectivity index (χ1) is 12.4. The molecule has 6 nitrogen and oxygen atoms in total. The summed E-state index contributed by atoms with van der Waals surface area (Å²) in [6.45, 7) is 5.52.